The van der Waals surface area contributed by atoms with E-state index in [1.54, 1.807) is 31.3 Å². The first-order valence-corrected chi connectivity index (χ1v) is 7.77. The Hall–Kier alpha value is -1.72. The third-order valence-electron chi connectivity index (χ3n) is 3.06. The van der Waals surface area contributed by atoms with Crippen molar-refractivity contribution in [3.8, 4) is 11.5 Å². The summed E-state index contributed by atoms with van der Waals surface area (Å²) >= 11 is 9.28. The topological polar surface area (TPSA) is 49.8 Å². The number of para-hydroxylation sites is 1. The summed E-state index contributed by atoms with van der Waals surface area (Å²) in [5, 5.41) is 10.3. The lowest BCUT2D eigenvalue weighted by molar-refractivity contribution is 0.0770. The number of carbonyl (C=O) groups excluding carboxylic acids is 1. The van der Waals surface area contributed by atoms with E-state index in [9.17, 15) is 9.90 Å². The van der Waals surface area contributed by atoms with Crippen molar-refractivity contribution >= 4 is 33.4 Å². The summed E-state index contributed by atoms with van der Waals surface area (Å²) in [7, 11) is 1.65. The molecule has 2 aromatic carbocycles. The van der Waals surface area contributed by atoms with Gasteiger partial charge in [-0.25, -0.2) is 0 Å². The van der Waals surface area contributed by atoms with Gasteiger partial charge < -0.3 is 14.7 Å². The van der Waals surface area contributed by atoms with Gasteiger partial charge in [0.15, 0.2) is 0 Å². The maximum atomic E-state index is 12.3. The number of nitrogens with zero attached hydrogens (tertiary/aromatic N) is 1. The quantitative estimate of drug-likeness (QED) is 0.849. The second kappa shape index (κ2) is 7.51. The minimum absolute atomic E-state index is 0.0490. The molecule has 2 rings (SSSR count). The van der Waals surface area contributed by atoms with Gasteiger partial charge in [-0.15, -0.1) is 0 Å². The van der Waals surface area contributed by atoms with Crippen LogP contribution in [0.15, 0.2) is 46.9 Å². The van der Waals surface area contributed by atoms with Crippen LogP contribution in [-0.4, -0.2) is 36.1 Å². The van der Waals surface area contributed by atoms with Gasteiger partial charge in [-0.2, -0.15) is 0 Å². The Bertz CT molecular complexity index is 678. The summed E-state index contributed by atoms with van der Waals surface area (Å²) in [6.45, 7) is 0.677. The Labute approximate surface area is 142 Å². The normalized spacial score (nSPS) is 10.3. The number of hydrogen-bond acceptors (Lipinski definition) is 3. The first-order valence-electron chi connectivity index (χ1n) is 6.60. The lowest BCUT2D eigenvalue weighted by atomic mass is 10.2. The van der Waals surface area contributed by atoms with Gasteiger partial charge in [0.25, 0.3) is 5.91 Å². The Kier molecular flexibility index (Phi) is 5.69. The maximum Gasteiger partial charge on any atom is 0.257 e. The molecule has 0 aromatic heterocycles. The molecule has 1 amide bonds. The molecule has 1 N–H and O–H groups in total. The van der Waals surface area contributed by atoms with E-state index in [4.69, 9.17) is 16.3 Å². The lowest BCUT2D eigenvalue weighted by Crippen LogP contribution is -2.31. The molecule has 0 bridgehead atoms. The van der Waals surface area contributed by atoms with E-state index in [-0.39, 0.29) is 17.2 Å². The molecule has 0 aliphatic rings. The maximum absolute atomic E-state index is 12.3. The zero-order chi connectivity index (χ0) is 16.1. The minimum atomic E-state index is -0.276. The van der Waals surface area contributed by atoms with Crippen LogP contribution in [0.25, 0.3) is 0 Å². The van der Waals surface area contributed by atoms with Gasteiger partial charge in [0.1, 0.15) is 18.1 Å². The molecular weight excluding hydrogens is 370 g/mol. The van der Waals surface area contributed by atoms with Crippen molar-refractivity contribution in [1.82, 2.24) is 4.90 Å². The number of ether oxygens (including phenoxy) is 1. The number of aromatic hydroxyl groups is 1. The number of benzene rings is 2. The van der Waals surface area contributed by atoms with E-state index < -0.39 is 0 Å². The number of carbonyl (C=O) groups is 1. The van der Waals surface area contributed by atoms with Crippen molar-refractivity contribution < 1.29 is 14.6 Å². The average molecular weight is 385 g/mol. The summed E-state index contributed by atoms with van der Waals surface area (Å²) in [4.78, 5) is 13.8. The van der Waals surface area contributed by atoms with Crippen molar-refractivity contribution in [2.24, 2.45) is 0 Å². The predicted molar refractivity (Wildman–Crippen MR) is 89.7 cm³/mol. The van der Waals surface area contributed by atoms with Crippen LogP contribution in [0.3, 0.4) is 0 Å². The van der Waals surface area contributed by atoms with Crippen LogP contribution in [0.5, 0.6) is 11.5 Å². The SMILES string of the molecule is CN(CCOc1ccccc1Cl)C(=O)c1cc(Br)ccc1O. The second-order valence-corrected chi connectivity index (χ2v) is 5.99. The third kappa shape index (κ3) is 4.15. The second-order valence-electron chi connectivity index (χ2n) is 4.67. The number of amides is 1. The Morgan fingerprint density at radius 1 is 1.32 bits per heavy atom. The molecule has 0 spiro atoms. The van der Waals surface area contributed by atoms with Gasteiger partial charge in [0.2, 0.25) is 0 Å². The van der Waals surface area contributed by atoms with Crippen molar-refractivity contribution in [3.63, 3.8) is 0 Å². The van der Waals surface area contributed by atoms with Crippen LogP contribution in [0.2, 0.25) is 5.02 Å². The van der Waals surface area contributed by atoms with Gasteiger partial charge in [0.05, 0.1) is 17.1 Å². The van der Waals surface area contributed by atoms with Crippen LogP contribution in [0.1, 0.15) is 10.4 Å². The molecule has 0 saturated carbocycles. The number of phenols is 1. The Morgan fingerprint density at radius 2 is 2.05 bits per heavy atom. The Morgan fingerprint density at radius 3 is 2.77 bits per heavy atom. The fourth-order valence-electron chi connectivity index (χ4n) is 1.84. The highest BCUT2D eigenvalue weighted by molar-refractivity contribution is 9.10. The molecule has 4 nitrogen and oxygen atoms in total. The van der Waals surface area contributed by atoms with Crippen LogP contribution in [0.4, 0.5) is 0 Å². The fourth-order valence-corrected chi connectivity index (χ4v) is 2.39. The summed E-state index contributed by atoms with van der Waals surface area (Å²) in [5.74, 6) is 0.254. The van der Waals surface area contributed by atoms with E-state index in [1.807, 2.05) is 12.1 Å². The van der Waals surface area contributed by atoms with Crippen LogP contribution in [-0.2, 0) is 0 Å². The van der Waals surface area contributed by atoms with Crippen molar-refractivity contribution in [3.05, 3.63) is 57.5 Å². The van der Waals surface area contributed by atoms with Gasteiger partial charge in [-0.1, -0.05) is 39.7 Å². The molecule has 22 heavy (non-hydrogen) atoms. The summed E-state index contributed by atoms with van der Waals surface area (Å²) < 4.78 is 6.28. The molecule has 6 heteroatoms. The van der Waals surface area contributed by atoms with Gasteiger partial charge >= 0.3 is 0 Å². The standard InChI is InChI=1S/C16H15BrClNO3/c1-19(8-9-22-15-5-3-2-4-13(15)18)16(21)12-10-11(17)6-7-14(12)20/h2-7,10,20H,8-9H2,1H3. The third-order valence-corrected chi connectivity index (χ3v) is 3.86. The van der Waals surface area contributed by atoms with Gasteiger partial charge in [0, 0.05) is 11.5 Å². The van der Waals surface area contributed by atoms with Crippen molar-refractivity contribution in [2.45, 2.75) is 0 Å². The first kappa shape index (κ1) is 16.6. The fraction of sp³-hybridized carbons (Fsp3) is 0.188. The van der Waals surface area contributed by atoms with E-state index in [1.165, 1.54) is 11.0 Å². The molecule has 0 radical (unpaired) electrons. The van der Waals surface area contributed by atoms with Crippen LogP contribution in [0, 0.1) is 0 Å². The molecular formula is C16H15BrClNO3. The summed E-state index contributed by atoms with van der Waals surface area (Å²) in [6.07, 6.45) is 0. The highest BCUT2D eigenvalue weighted by Gasteiger charge is 2.16. The largest absolute Gasteiger partial charge is 0.507 e. The molecule has 0 aliphatic heterocycles. The van der Waals surface area contributed by atoms with E-state index in [0.717, 1.165) is 4.47 Å². The number of rotatable bonds is 5. The Balaban J connectivity index is 1.94. The molecule has 0 saturated heterocycles. The van der Waals surface area contributed by atoms with Crippen LogP contribution < -0.4 is 4.74 Å². The molecule has 2 aromatic rings. The monoisotopic (exact) mass is 383 g/mol. The number of likely N-dealkylation sites (N-methyl/N-ethyl adjacent to an activating group) is 1. The molecule has 0 aliphatic carbocycles. The molecule has 0 atom stereocenters. The predicted octanol–water partition coefficient (Wildman–Crippen LogP) is 3.96. The number of halogens is 2. The first-order chi connectivity index (χ1) is 10.5. The minimum Gasteiger partial charge on any atom is -0.507 e. The van der Waals surface area contributed by atoms with Crippen molar-refractivity contribution in [1.29, 1.82) is 0 Å². The average Bonchev–Trinajstić information content (AvgIpc) is 2.50. The molecule has 0 heterocycles. The zero-order valence-electron chi connectivity index (χ0n) is 11.9. The van der Waals surface area contributed by atoms with E-state index >= 15 is 0 Å². The number of hydrogen-bond donors (Lipinski definition) is 1. The smallest absolute Gasteiger partial charge is 0.257 e. The molecule has 0 fully saturated rings. The lowest BCUT2D eigenvalue weighted by Gasteiger charge is -2.18. The molecule has 0 unspecified atom stereocenters. The highest BCUT2D eigenvalue weighted by atomic mass is 79.9. The number of phenolic OH excluding ortho intramolecular Hbond substituents is 1. The van der Waals surface area contributed by atoms with Crippen molar-refractivity contribution in [2.75, 3.05) is 20.2 Å². The van der Waals surface area contributed by atoms with Crippen LogP contribution >= 0.6 is 27.5 Å². The van der Waals surface area contributed by atoms with Gasteiger partial charge in [-0.3, -0.25) is 4.79 Å². The molecule has 116 valence electrons. The van der Waals surface area contributed by atoms with Gasteiger partial charge in [-0.05, 0) is 30.3 Å². The summed E-state index contributed by atoms with van der Waals surface area (Å²) in [5.41, 5.74) is 0.245. The van der Waals surface area contributed by atoms with E-state index in [0.29, 0.717) is 23.9 Å². The van der Waals surface area contributed by atoms with E-state index in [2.05, 4.69) is 15.9 Å². The zero-order valence-corrected chi connectivity index (χ0v) is 14.3. The summed E-state index contributed by atoms with van der Waals surface area (Å²) in [6, 6.07) is 11.9. The highest BCUT2D eigenvalue weighted by Crippen LogP contribution is 2.24.